The second-order valence-corrected chi connectivity index (χ2v) is 7.82. The Labute approximate surface area is 182 Å². The summed E-state index contributed by atoms with van der Waals surface area (Å²) in [4.78, 5) is 53.3. The fourth-order valence-electron chi connectivity index (χ4n) is 3.02. The van der Waals surface area contributed by atoms with Crippen LogP contribution in [0, 0.1) is 0 Å². The van der Waals surface area contributed by atoms with Crippen LogP contribution in [-0.2, 0) is 27.3 Å². The molecule has 3 aromatic rings. The van der Waals surface area contributed by atoms with E-state index in [0.29, 0.717) is 16.9 Å². The molecule has 0 aliphatic rings. The number of amides is 2. The predicted octanol–water partition coefficient (Wildman–Crippen LogP) is 2.69. The third kappa shape index (κ3) is 5.85. The lowest BCUT2D eigenvalue weighted by molar-refractivity contribution is -0.148. The number of aromatic nitrogens is 2. The summed E-state index contributed by atoms with van der Waals surface area (Å²) in [7, 11) is 0. The van der Waals surface area contributed by atoms with Crippen LogP contribution in [0.3, 0.4) is 0 Å². The highest BCUT2D eigenvalue weighted by molar-refractivity contribution is 7.12. The van der Waals surface area contributed by atoms with Crippen LogP contribution < -0.4 is 10.9 Å². The van der Waals surface area contributed by atoms with Gasteiger partial charge in [0.1, 0.15) is 5.69 Å². The molecule has 0 saturated carbocycles. The summed E-state index contributed by atoms with van der Waals surface area (Å²) in [5, 5.41) is 3.88. The molecule has 0 aliphatic heterocycles. The van der Waals surface area contributed by atoms with Gasteiger partial charge in [0.05, 0.1) is 22.3 Å². The second kappa shape index (κ2) is 10.6. The Kier molecular flexibility index (Phi) is 7.66. The zero-order chi connectivity index (χ0) is 22.2. The van der Waals surface area contributed by atoms with Crippen LogP contribution in [0.1, 0.15) is 41.6 Å². The predicted molar refractivity (Wildman–Crippen MR) is 117 cm³/mol. The minimum absolute atomic E-state index is 0.0967. The Balaban J connectivity index is 1.58. The van der Waals surface area contributed by atoms with Gasteiger partial charge in [-0.1, -0.05) is 31.5 Å². The first-order chi connectivity index (χ1) is 15.0. The largest absolute Gasteiger partial charge is 0.456 e. The van der Waals surface area contributed by atoms with Crippen molar-refractivity contribution in [3.8, 4) is 0 Å². The van der Waals surface area contributed by atoms with Crippen LogP contribution in [0.15, 0.2) is 46.6 Å². The lowest BCUT2D eigenvalue weighted by Crippen LogP contribution is -2.33. The number of aryl methyl sites for hydroxylation is 2. The van der Waals surface area contributed by atoms with E-state index in [1.165, 1.54) is 11.3 Å². The maximum absolute atomic E-state index is 12.8. The molecular weight excluding hydrogens is 418 g/mol. The minimum Gasteiger partial charge on any atom is -0.456 e. The SMILES string of the molecule is CCCCn1c(=O)c(CCC(=O)OCC(=O)NC(=O)c2cccs2)nc2ccccc21. The zero-order valence-electron chi connectivity index (χ0n) is 17.1. The van der Waals surface area contributed by atoms with Crippen molar-refractivity contribution in [1.29, 1.82) is 0 Å². The van der Waals surface area contributed by atoms with E-state index < -0.39 is 24.4 Å². The highest BCUT2D eigenvalue weighted by Gasteiger charge is 2.15. The van der Waals surface area contributed by atoms with Crippen LogP contribution >= 0.6 is 11.3 Å². The van der Waals surface area contributed by atoms with E-state index in [2.05, 4.69) is 17.2 Å². The molecule has 0 atom stereocenters. The highest BCUT2D eigenvalue weighted by atomic mass is 32.1. The number of unbranched alkanes of at least 4 members (excludes halogenated alkanes) is 1. The first kappa shape index (κ1) is 22.4. The second-order valence-electron chi connectivity index (χ2n) is 6.87. The number of imide groups is 1. The van der Waals surface area contributed by atoms with Gasteiger partial charge in [-0.15, -0.1) is 11.3 Å². The van der Waals surface area contributed by atoms with Crippen molar-refractivity contribution in [3.05, 3.63) is 62.7 Å². The smallest absolute Gasteiger partial charge is 0.306 e. The fraction of sp³-hybridized carbons (Fsp3) is 0.318. The molecule has 162 valence electrons. The summed E-state index contributed by atoms with van der Waals surface area (Å²) in [6.45, 7) is 2.06. The number of esters is 1. The summed E-state index contributed by atoms with van der Waals surface area (Å²) < 4.78 is 6.62. The van der Waals surface area contributed by atoms with E-state index in [9.17, 15) is 19.2 Å². The Hall–Kier alpha value is -3.33. The molecule has 0 unspecified atom stereocenters. The molecule has 1 aromatic carbocycles. The zero-order valence-corrected chi connectivity index (χ0v) is 17.9. The molecule has 0 spiro atoms. The van der Waals surface area contributed by atoms with Gasteiger partial charge in [-0.2, -0.15) is 0 Å². The molecule has 8 nitrogen and oxygen atoms in total. The minimum atomic E-state index is -0.711. The lowest BCUT2D eigenvalue weighted by Gasteiger charge is -2.12. The summed E-state index contributed by atoms with van der Waals surface area (Å²) in [6.07, 6.45) is 1.81. The van der Waals surface area contributed by atoms with Crippen LogP contribution in [0.4, 0.5) is 0 Å². The van der Waals surface area contributed by atoms with Crippen molar-refractivity contribution in [1.82, 2.24) is 14.9 Å². The monoisotopic (exact) mass is 441 g/mol. The average molecular weight is 442 g/mol. The molecule has 0 aliphatic carbocycles. The van der Waals surface area contributed by atoms with E-state index in [-0.39, 0.29) is 24.1 Å². The van der Waals surface area contributed by atoms with Crippen molar-refractivity contribution in [2.24, 2.45) is 0 Å². The third-order valence-electron chi connectivity index (χ3n) is 4.58. The molecule has 0 saturated heterocycles. The van der Waals surface area contributed by atoms with Crippen LogP contribution in [0.2, 0.25) is 0 Å². The number of hydrogen-bond acceptors (Lipinski definition) is 7. The number of nitrogens with zero attached hydrogens (tertiary/aromatic N) is 2. The molecule has 0 bridgehead atoms. The lowest BCUT2D eigenvalue weighted by atomic mass is 10.2. The first-order valence-corrected chi connectivity index (χ1v) is 10.9. The maximum Gasteiger partial charge on any atom is 0.306 e. The van der Waals surface area contributed by atoms with Gasteiger partial charge in [0.15, 0.2) is 6.61 Å². The van der Waals surface area contributed by atoms with Crippen molar-refractivity contribution in [3.63, 3.8) is 0 Å². The van der Waals surface area contributed by atoms with E-state index in [0.717, 1.165) is 18.4 Å². The number of ether oxygens (including phenoxy) is 1. The van der Waals surface area contributed by atoms with Gasteiger partial charge in [-0.25, -0.2) is 4.98 Å². The third-order valence-corrected chi connectivity index (χ3v) is 5.45. The molecule has 2 amide bonds. The number of benzene rings is 1. The molecular formula is C22H23N3O5S. The highest BCUT2D eigenvalue weighted by Crippen LogP contribution is 2.12. The van der Waals surface area contributed by atoms with Crippen molar-refractivity contribution < 1.29 is 19.1 Å². The number of rotatable bonds is 9. The number of thiophene rings is 1. The Bertz CT molecular complexity index is 1140. The summed E-state index contributed by atoms with van der Waals surface area (Å²) in [5.41, 5.74) is 1.51. The Morgan fingerprint density at radius 2 is 1.97 bits per heavy atom. The quantitative estimate of drug-likeness (QED) is 0.512. The van der Waals surface area contributed by atoms with Gasteiger partial charge in [-0.3, -0.25) is 24.5 Å². The number of carbonyl (C=O) groups excluding carboxylic acids is 3. The molecule has 1 N–H and O–H groups in total. The van der Waals surface area contributed by atoms with Gasteiger partial charge in [0.25, 0.3) is 17.4 Å². The number of nitrogens with one attached hydrogen (secondary N) is 1. The first-order valence-electron chi connectivity index (χ1n) is 10.0. The van der Waals surface area contributed by atoms with E-state index in [1.807, 2.05) is 24.3 Å². The fourth-order valence-corrected chi connectivity index (χ4v) is 3.64. The van der Waals surface area contributed by atoms with Gasteiger partial charge < -0.3 is 9.30 Å². The van der Waals surface area contributed by atoms with Gasteiger partial charge in [-0.05, 0) is 30.0 Å². The summed E-state index contributed by atoms with van der Waals surface area (Å²) in [5.74, 6) is -1.89. The molecule has 9 heteroatoms. The van der Waals surface area contributed by atoms with Crippen molar-refractivity contribution >= 4 is 40.2 Å². The summed E-state index contributed by atoms with van der Waals surface area (Å²) >= 11 is 1.20. The van der Waals surface area contributed by atoms with Crippen LogP contribution in [0.5, 0.6) is 0 Å². The molecule has 0 fully saturated rings. The van der Waals surface area contributed by atoms with Crippen LogP contribution in [0.25, 0.3) is 11.0 Å². The van der Waals surface area contributed by atoms with E-state index in [1.54, 1.807) is 22.1 Å². The molecule has 2 heterocycles. The summed E-state index contributed by atoms with van der Waals surface area (Å²) in [6, 6.07) is 10.7. The Morgan fingerprint density at radius 3 is 2.71 bits per heavy atom. The molecule has 0 radical (unpaired) electrons. The number of carbonyl (C=O) groups is 3. The average Bonchev–Trinajstić information content (AvgIpc) is 3.31. The van der Waals surface area contributed by atoms with Crippen molar-refractivity contribution in [2.75, 3.05) is 6.61 Å². The number of fused-ring (bicyclic) bond motifs is 1. The number of hydrogen-bond donors (Lipinski definition) is 1. The standard InChI is InChI=1S/C22H23N3O5S/c1-2-3-12-25-17-8-5-4-7-15(17)23-16(22(25)29)10-11-20(27)30-14-19(26)24-21(28)18-9-6-13-31-18/h4-9,13H,2-3,10-12,14H2,1H3,(H,24,26,28). The molecule has 31 heavy (non-hydrogen) atoms. The number of para-hydroxylation sites is 2. The topological polar surface area (TPSA) is 107 Å². The maximum atomic E-state index is 12.8. The molecule has 3 rings (SSSR count). The van der Waals surface area contributed by atoms with Crippen molar-refractivity contribution in [2.45, 2.75) is 39.2 Å². The van der Waals surface area contributed by atoms with Gasteiger partial charge in [0.2, 0.25) is 0 Å². The Morgan fingerprint density at radius 1 is 1.16 bits per heavy atom. The van der Waals surface area contributed by atoms with E-state index >= 15 is 0 Å². The van der Waals surface area contributed by atoms with E-state index in [4.69, 9.17) is 4.74 Å². The van der Waals surface area contributed by atoms with Gasteiger partial charge in [0, 0.05) is 13.0 Å². The van der Waals surface area contributed by atoms with Gasteiger partial charge >= 0.3 is 5.97 Å². The molecule has 2 aromatic heterocycles. The van der Waals surface area contributed by atoms with Crippen LogP contribution in [-0.4, -0.2) is 33.9 Å². The normalized spacial score (nSPS) is 10.7.